The van der Waals surface area contributed by atoms with Gasteiger partial charge in [0.05, 0.1) is 16.9 Å². The maximum Gasteiger partial charge on any atom is 0.192 e. The smallest absolute Gasteiger partial charge is 0.192 e. The highest BCUT2D eigenvalue weighted by Gasteiger charge is 2.11. The third-order valence-electron chi connectivity index (χ3n) is 2.94. The monoisotopic (exact) mass is 328 g/mol. The number of benzene rings is 1. The predicted octanol–water partition coefficient (Wildman–Crippen LogP) is 3.45. The zero-order valence-corrected chi connectivity index (χ0v) is 13.0. The second kappa shape index (κ2) is 5.99. The van der Waals surface area contributed by atoms with Crippen LogP contribution < -0.4 is 5.32 Å². The van der Waals surface area contributed by atoms with E-state index in [9.17, 15) is 12.8 Å². The highest BCUT2D eigenvalue weighted by atomic mass is 35.5. The number of anilines is 1. The van der Waals surface area contributed by atoms with Gasteiger partial charge in [-0.1, -0.05) is 17.7 Å². The average Bonchev–Trinajstić information content (AvgIpc) is 2.41. The first-order chi connectivity index (χ1) is 9.77. The molecule has 1 aromatic carbocycles. The molecule has 1 aromatic heterocycles. The number of halogens is 2. The highest BCUT2D eigenvalue weighted by Crippen LogP contribution is 2.23. The zero-order valence-electron chi connectivity index (χ0n) is 11.5. The van der Waals surface area contributed by atoms with Crippen LogP contribution in [0.2, 0.25) is 5.02 Å². The summed E-state index contributed by atoms with van der Waals surface area (Å²) in [6, 6.07) is 7.44. The quantitative estimate of drug-likeness (QED) is 0.934. The minimum absolute atomic E-state index is 0.0123. The zero-order chi connectivity index (χ0) is 15.6. The molecule has 2 rings (SSSR count). The summed E-state index contributed by atoms with van der Waals surface area (Å²) in [7, 11) is -3.31. The molecule has 4 nitrogen and oxygen atoms in total. The number of pyridine rings is 1. The van der Waals surface area contributed by atoms with Gasteiger partial charge in [0.15, 0.2) is 14.9 Å². The average molecular weight is 329 g/mol. The van der Waals surface area contributed by atoms with Crippen molar-refractivity contribution in [1.82, 2.24) is 4.98 Å². The van der Waals surface area contributed by atoms with Crippen LogP contribution in [0.1, 0.15) is 18.5 Å². The lowest BCUT2D eigenvalue weighted by molar-refractivity contribution is 0.598. The van der Waals surface area contributed by atoms with Crippen molar-refractivity contribution < 1.29 is 12.8 Å². The van der Waals surface area contributed by atoms with E-state index < -0.39 is 15.7 Å². The van der Waals surface area contributed by atoms with E-state index in [-0.39, 0.29) is 16.1 Å². The second-order valence-corrected chi connectivity index (χ2v) is 7.07. The summed E-state index contributed by atoms with van der Waals surface area (Å²) in [5, 5.41) is 3.20. The fourth-order valence-corrected chi connectivity index (χ4v) is 2.48. The Balaban J connectivity index is 2.15. The maximum absolute atomic E-state index is 13.4. The fraction of sp³-hybridized carbons (Fsp3) is 0.214. The first-order valence-electron chi connectivity index (χ1n) is 6.15. The van der Waals surface area contributed by atoms with Crippen molar-refractivity contribution in [2.24, 2.45) is 0 Å². The fourth-order valence-electron chi connectivity index (χ4n) is 1.80. The Morgan fingerprint density at radius 3 is 2.52 bits per heavy atom. The van der Waals surface area contributed by atoms with Crippen LogP contribution in [0.15, 0.2) is 41.6 Å². The van der Waals surface area contributed by atoms with Gasteiger partial charge in [0.25, 0.3) is 0 Å². The Kier molecular flexibility index (Phi) is 4.49. The SMILES string of the molecule is CC(Nc1ccc(S(C)(=O)=O)nc1)c1ccc(Cl)c(F)c1. The number of hydrogen-bond donors (Lipinski definition) is 1. The molecule has 1 N–H and O–H groups in total. The molecule has 0 saturated carbocycles. The van der Waals surface area contributed by atoms with Crippen molar-refractivity contribution in [3.63, 3.8) is 0 Å². The Morgan fingerprint density at radius 2 is 2.00 bits per heavy atom. The summed E-state index contributed by atoms with van der Waals surface area (Å²) in [4.78, 5) is 3.88. The van der Waals surface area contributed by atoms with Crippen LogP contribution in [0.25, 0.3) is 0 Å². The Morgan fingerprint density at radius 1 is 1.29 bits per heavy atom. The third kappa shape index (κ3) is 3.92. The molecule has 1 unspecified atom stereocenters. The molecule has 0 aliphatic heterocycles. The van der Waals surface area contributed by atoms with Crippen molar-refractivity contribution in [3.05, 3.63) is 52.9 Å². The second-order valence-electron chi connectivity index (χ2n) is 4.70. The molecule has 0 spiro atoms. The van der Waals surface area contributed by atoms with Crippen LogP contribution in [0.4, 0.5) is 10.1 Å². The van der Waals surface area contributed by atoms with Gasteiger partial charge in [0.1, 0.15) is 5.82 Å². The summed E-state index contributed by atoms with van der Waals surface area (Å²) >= 11 is 5.64. The van der Waals surface area contributed by atoms with Gasteiger partial charge in [-0.2, -0.15) is 0 Å². The lowest BCUT2D eigenvalue weighted by atomic mass is 10.1. The molecule has 1 atom stereocenters. The molecule has 0 amide bonds. The number of nitrogens with one attached hydrogen (secondary N) is 1. The van der Waals surface area contributed by atoms with Gasteiger partial charge >= 0.3 is 0 Å². The van der Waals surface area contributed by atoms with Crippen LogP contribution in [0.3, 0.4) is 0 Å². The Bertz CT molecular complexity index is 748. The summed E-state index contributed by atoms with van der Waals surface area (Å²) in [6.07, 6.45) is 2.53. The summed E-state index contributed by atoms with van der Waals surface area (Å²) in [5.41, 5.74) is 1.37. The van der Waals surface area contributed by atoms with Gasteiger partial charge < -0.3 is 5.32 Å². The molecule has 0 saturated heterocycles. The molecule has 1 heterocycles. The topological polar surface area (TPSA) is 59.1 Å². The van der Waals surface area contributed by atoms with E-state index in [0.717, 1.165) is 11.8 Å². The molecule has 0 fully saturated rings. The number of hydrogen-bond acceptors (Lipinski definition) is 4. The van der Waals surface area contributed by atoms with E-state index in [1.807, 2.05) is 6.92 Å². The molecule has 7 heteroatoms. The lowest BCUT2D eigenvalue weighted by Crippen LogP contribution is -2.08. The standard InChI is InChI=1S/C14H14ClFN2O2S/c1-9(10-3-5-12(15)13(16)7-10)18-11-4-6-14(17-8-11)21(2,19)20/h3-9,18H,1-2H3. The molecule has 0 radical (unpaired) electrons. The van der Waals surface area contributed by atoms with Crippen LogP contribution >= 0.6 is 11.6 Å². The van der Waals surface area contributed by atoms with Crippen molar-refractivity contribution in [1.29, 1.82) is 0 Å². The van der Waals surface area contributed by atoms with E-state index >= 15 is 0 Å². The number of nitrogens with zero attached hydrogens (tertiary/aromatic N) is 1. The van der Waals surface area contributed by atoms with Crippen LogP contribution in [0.5, 0.6) is 0 Å². The van der Waals surface area contributed by atoms with E-state index in [1.165, 1.54) is 24.4 Å². The molecular formula is C14H14ClFN2O2S. The van der Waals surface area contributed by atoms with Crippen LogP contribution in [-0.4, -0.2) is 19.7 Å². The minimum atomic E-state index is -3.31. The summed E-state index contributed by atoms with van der Waals surface area (Å²) < 4.78 is 36.1. The molecule has 0 bridgehead atoms. The largest absolute Gasteiger partial charge is 0.377 e. The molecule has 0 aliphatic rings. The van der Waals surface area contributed by atoms with Crippen LogP contribution in [-0.2, 0) is 9.84 Å². The van der Waals surface area contributed by atoms with Crippen LogP contribution in [0, 0.1) is 5.82 Å². The minimum Gasteiger partial charge on any atom is -0.377 e. The van der Waals surface area contributed by atoms with E-state index in [2.05, 4.69) is 10.3 Å². The first kappa shape index (κ1) is 15.7. The number of sulfone groups is 1. The predicted molar refractivity (Wildman–Crippen MR) is 80.8 cm³/mol. The number of aromatic nitrogens is 1. The Hall–Kier alpha value is -1.66. The Labute approximate surface area is 127 Å². The summed E-state index contributed by atoms with van der Waals surface area (Å²) in [5.74, 6) is -0.478. The molecule has 0 aliphatic carbocycles. The molecule has 2 aromatic rings. The van der Waals surface area contributed by atoms with E-state index in [1.54, 1.807) is 12.1 Å². The van der Waals surface area contributed by atoms with Crippen molar-refractivity contribution in [2.45, 2.75) is 18.0 Å². The van der Waals surface area contributed by atoms with E-state index in [4.69, 9.17) is 11.6 Å². The van der Waals surface area contributed by atoms with Gasteiger partial charge in [-0.25, -0.2) is 17.8 Å². The molecule has 21 heavy (non-hydrogen) atoms. The lowest BCUT2D eigenvalue weighted by Gasteiger charge is -2.16. The molecule has 112 valence electrons. The first-order valence-corrected chi connectivity index (χ1v) is 8.42. The van der Waals surface area contributed by atoms with Gasteiger partial charge in [0.2, 0.25) is 0 Å². The van der Waals surface area contributed by atoms with Gasteiger partial charge in [-0.15, -0.1) is 0 Å². The maximum atomic E-state index is 13.4. The normalized spacial score (nSPS) is 13.0. The molecular weight excluding hydrogens is 315 g/mol. The van der Waals surface area contributed by atoms with Gasteiger partial charge in [0, 0.05) is 12.3 Å². The van der Waals surface area contributed by atoms with E-state index in [0.29, 0.717) is 5.69 Å². The van der Waals surface area contributed by atoms with Gasteiger partial charge in [-0.3, -0.25) is 0 Å². The third-order valence-corrected chi connectivity index (χ3v) is 4.25. The van der Waals surface area contributed by atoms with Gasteiger partial charge in [-0.05, 0) is 36.8 Å². The summed E-state index contributed by atoms with van der Waals surface area (Å²) in [6.45, 7) is 1.85. The number of rotatable bonds is 4. The van der Waals surface area contributed by atoms with Crippen molar-refractivity contribution >= 4 is 27.1 Å². The van der Waals surface area contributed by atoms with Crippen molar-refractivity contribution in [3.8, 4) is 0 Å². The highest BCUT2D eigenvalue weighted by molar-refractivity contribution is 7.90. The van der Waals surface area contributed by atoms with Crippen molar-refractivity contribution in [2.75, 3.05) is 11.6 Å².